The second kappa shape index (κ2) is 7.45. The molecule has 0 bridgehead atoms. The zero-order valence-electron chi connectivity index (χ0n) is 14.5. The molecule has 0 atom stereocenters. The first-order chi connectivity index (χ1) is 12.0. The smallest absolute Gasteiger partial charge is 0.387 e. The first-order valence-electron chi connectivity index (χ1n) is 8.62. The maximum atomic E-state index is 12.4. The van der Waals surface area contributed by atoms with Crippen molar-refractivity contribution in [1.82, 2.24) is 10.2 Å². The summed E-state index contributed by atoms with van der Waals surface area (Å²) in [5.74, 6) is 1.49. The number of ether oxygens (including phenoxy) is 2. The molecule has 1 aromatic rings. The minimum absolute atomic E-state index is 0.0211. The van der Waals surface area contributed by atoms with Gasteiger partial charge in [0.25, 0.3) is 0 Å². The molecule has 7 heteroatoms. The van der Waals surface area contributed by atoms with Crippen molar-refractivity contribution >= 4 is 6.03 Å². The van der Waals surface area contributed by atoms with Crippen LogP contribution in [0.25, 0.3) is 0 Å². The van der Waals surface area contributed by atoms with Crippen LogP contribution in [0.2, 0.25) is 0 Å². The van der Waals surface area contributed by atoms with Gasteiger partial charge in [-0.1, -0.05) is 6.07 Å². The number of methoxy groups -OCH3 is 1. The summed E-state index contributed by atoms with van der Waals surface area (Å²) in [6.07, 6.45) is 4.84. The van der Waals surface area contributed by atoms with Gasteiger partial charge in [-0.05, 0) is 55.2 Å². The average molecular weight is 354 g/mol. The Kier molecular flexibility index (Phi) is 5.30. The van der Waals surface area contributed by atoms with Crippen molar-refractivity contribution < 1.29 is 23.0 Å². The van der Waals surface area contributed by atoms with Gasteiger partial charge >= 0.3 is 12.6 Å². The van der Waals surface area contributed by atoms with Crippen LogP contribution in [0.1, 0.15) is 31.2 Å². The van der Waals surface area contributed by atoms with Gasteiger partial charge in [0.2, 0.25) is 0 Å². The van der Waals surface area contributed by atoms with E-state index in [9.17, 15) is 13.6 Å². The second-order valence-electron chi connectivity index (χ2n) is 6.80. The molecule has 1 aromatic carbocycles. The van der Waals surface area contributed by atoms with Gasteiger partial charge in [0.1, 0.15) is 0 Å². The zero-order chi connectivity index (χ0) is 18.0. The van der Waals surface area contributed by atoms with E-state index in [0.717, 1.165) is 5.56 Å². The Hall–Kier alpha value is -2.05. The standard InChI is InChI=1S/C18H24F2N2O3/c1-22(16(12-4-5-12)13-6-7-13)18(23)21-10-11-3-8-14(25-17(19)20)15(9-11)24-2/h3,8-9,12-13,16-17H,4-7,10H2,1-2H3,(H,21,23). The summed E-state index contributed by atoms with van der Waals surface area (Å²) < 4.78 is 34.2. The first-order valence-corrected chi connectivity index (χ1v) is 8.62. The fourth-order valence-corrected chi connectivity index (χ4v) is 3.35. The van der Waals surface area contributed by atoms with Crippen LogP contribution in [0.4, 0.5) is 13.6 Å². The Bertz CT molecular complexity index is 606. The highest BCUT2D eigenvalue weighted by molar-refractivity contribution is 5.74. The summed E-state index contributed by atoms with van der Waals surface area (Å²) in [7, 11) is 3.25. The Morgan fingerprint density at radius 1 is 1.24 bits per heavy atom. The number of amides is 2. The molecule has 0 heterocycles. The van der Waals surface area contributed by atoms with E-state index in [1.165, 1.54) is 38.9 Å². The molecule has 2 amide bonds. The SMILES string of the molecule is COc1cc(CNC(=O)N(C)C(C2CC2)C2CC2)ccc1OC(F)F. The van der Waals surface area contributed by atoms with E-state index in [0.29, 0.717) is 24.4 Å². The molecule has 0 unspecified atom stereocenters. The molecule has 25 heavy (non-hydrogen) atoms. The van der Waals surface area contributed by atoms with Gasteiger partial charge in [-0.3, -0.25) is 0 Å². The van der Waals surface area contributed by atoms with Crippen molar-refractivity contribution in [3.05, 3.63) is 23.8 Å². The number of hydrogen-bond acceptors (Lipinski definition) is 3. The fourth-order valence-electron chi connectivity index (χ4n) is 3.35. The molecule has 0 saturated heterocycles. The predicted octanol–water partition coefficient (Wildman–Crippen LogP) is 3.63. The lowest BCUT2D eigenvalue weighted by Gasteiger charge is -2.28. The van der Waals surface area contributed by atoms with Gasteiger partial charge < -0.3 is 19.7 Å². The molecule has 3 rings (SSSR count). The molecule has 138 valence electrons. The lowest BCUT2D eigenvalue weighted by atomic mass is 10.1. The highest BCUT2D eigenvalue weighted by Gasteiger charge is 2.44. The maximum absolute atomic E-state index is 12.4. The second-order valence-corrected chi connectivity index (χ2v) is 6.80. The predicted molar refractivity (Wildman–Crippen MR) is 88.9 cm³/mol. The summed E-state index contributed by atoms with van der Waals surface area (Å²) in [4.78, 5) is 14.3. The fraction of sp³-hybridized carbons (Fsp3) is 0.611. The number of benzene rings is 1. The van der Waals surface area contributed by atoms with Crippen LogP contribution in [0.3, 0.4) is 0 Å². The number of halogens is 2. The van der Waals surface area contributed by atoms with E-state index in [1.807, 2.05) is 11.9 Å². The van der Waals surface area contributed by atoms with E-state index in [-0.39, 0.29) is 17.5 Å². The quantitative estimate of drug-likeness (QED) is 0.776. The van der Waals surface area contributed by atoms with E-state index < -0.39 is 6.61 Å². The van der Waals surface area contributed by atoms with Crippen LogP contribution < -0.4 is 14.8 Å². The lowest BCUT2D eigenvalue weighted by Crippen LogP contribution is -2.45. The lowest BCUT2D eigenvalue weighted by molar-refractivity contribution is -0.0512. The monoisotopic (exact) mass is 354 g/mol. The maximum Gasteiger partial charge on any atom is 0.387 e. The van der Waals surface area contributed by atoms with Crippen molar-refractivity contribution in [1.29, 1.82) is 0 Å². The summed E-state index contributed by atoms with van der Waals surface area (Å²) in [5, 5.41) is 2.90. The minimum atomic E-state index is -2.91. The number of alkyl halides is 2. The molecule has 2 saturated carbocycles. The summed E-state index contributed by atoms with van der Waals surface area (Å²) >= 11 is 0. The van der Waals surface area contributed by atoms with Crippen LogP contribution in [0.15, 0.2) is 18.2 Å². The first kappa shape index (κ1) is 17.8. The highest BCUT2D eigenvalue weighted by Crippen LogP contribution is 2.46. The molecule has 2 aliphatic rings. The molecular formula is C18H24F2N2O3. The van der Waals surface area contributed by atoms with E-state index >= 15 is 0 Å². The van der Waals surface area contributed by atoms with Crippen molar-refractivity contribution in [2.75, 3.05) is 14.2 Å². The topological polar surface area (TPSA) is 50.8 Å². The number of carbonyl (C=O) groups excluding carboxylic acids is 1. The number of carbonyl (C=O) groups is 1. The van der Waals surface area contributed by atoms with Gasteiger partial charge in [0, 0.05) is 19.6 Å². The normalized spacial score (nSPS) is 16.9. The van der Waals surface area contributed by atoms with Crippen molar-refractivity contribution in [2.24, 2.45) is 11.8 Å². The summed E-state index contributed by atoms with van der Waals surface area (Å²) in [5.41, 5.74) is 0.759. The van der Waals surface area contributed by atoms with E-state index in [1.54, 1.807) is 12.1 Å². The average Bonchev–Trinajstić information content (AvgIpc) is 3.47. The number of nitrogens with zero attached hydrogens (tertiary/aromatic N) is 1. The molecule has 0 spiro atoms. The molecule has 0 radical (unpaired) electrons. The minimum Gasteiger partial charge on any atom is -0.493 e. The van der Waals surface area contributed by atoms with Gasteiger partial charge in [0.15, 0.2) is 11.5 Å². The third kappa shape index (κ3) is 4.52. The van der Waals surface area contributed by atoms with Gasteiger partial charge in [-0.2, -0.15) is 8.78 Å². The van der Waals surface area contributed by atoms with Gasteiger partial charge in [-0.25, -0.2) is 4.79 Å². The molecule has 2 fully saturated rings. The van der Waals surface area contributed by atoms with Crippen molar-refractivity contribution in [3.63, 3.8) is 0 Å². The van der Waals surface area contributed by atoms with Crippen LogP contribution in [0.5, 0.6) is 11.5 Å². The molecular weight excluding hydrogens is 330 g/mol. The largest absolute Gasteiger partial charge is 0.493 e. The van der Waals surface area contributed by atoms with Gasteiger partial charge in [0.05, 0.1) is 7.11 Å². The van der Waals surface area contributed by atoms with Crippen molar-refractivity contribution in [2.45, 2.75) is 44.9 Å². The molecule has 2 aliphatic carbocycles. The number of urea groups is 1. The third-order valence-corrected chi connectivity index (χ3v) is 4.87. The van der Waals surface area contributed by atoms with E-state index in [2.05, 4.69) is 10.1 Å². The van der Waals surface area contributed by atoms with Crippen molar-refractivity contribution in [3.8, 4) is 11.5 Å². The number of rotatable bonds is 8. The van der Waals surface area contributed by atoms with Crippen LogP contribution in [-0.2, 0) is 6.54 Å². The summed E-state index contributed by atoms with van der Waals surface area (Å²) in [6, 6.07) is 4.90. The van der Waals surface area contributed by atoms with Crippen LogP contribution >= 0.6 is 0 Å². The molecule has 0 aliphatic heterocycles. The molecule has 5 nitrogen and oxygen atoms in total. The number of hydrogen-bond donors (Lipinski definition) is 1. The Morgan fingerprint density at radius 2 is 1.88 bits per heavy atom. The Morgan fingerprint density at radius 3 is 2.40 bits per heavy atom. The third-order valence-electron chi connectivity index (χ3n) is 4.87. The van der Waals surface area contributed by atoms with Gasteiger partial charge in [-0.15, -0.1) is 0 Å². The Balaban J connectivity index is 1.57. The summed E-state index contributed by atoms with van der Waals surface area (Å²) in [6.45, 7) is -2.61. The highest BCUT2D eigenvalue weighted by atomic mass is 19.3. The molecule has 1 N–H and O–H groups in total. The van der Waals surface area contributed by atoms with E-state index in [4.69, 9.17) is 4.74 Å². The van der Waals surface area contributed by atoms with Crippen LogP contribution in [0, 0.1) is 11.8 Å². The van der Waals surface area contributed by atoms with Crippen LogP contribution in [-0.4, -0.2) is 37.7 Å². The molecule has 0 aromatic heterocycles. The number of nitrogens with one attached hydrogen (secondary N) is 1. The zero-order valence-corrected chi connectivity index (χ0v) is 14.5. The Labute approximate surface area is 146 Å².